The fourth-order valence-electron chi connectivity index (χ4n) is 2.55. The fourth-order valence-corrected chi connectivity index (χ4v) is 2.55. The fraction of sp³-hybridized carbons (Fsp3) is 0.647. The van der Waals surface area contributed by atoms with Gasteiger partial charge in [-0.05, 0) is 24.1 Å². The Bertz CT molecular complexity index is 429. The molecule has 1 saturated heterocycles. The predicted molar refractivity (Wildman–Crippen MR) is 85.6 cm³/mol. The standard InChI is InChI=1S/C17H28N2O2/c1-14(2)11-18-12-16-5-4-15(10-17(16)20-3)13-19-6-8-21-9-7-19/h4-5,10,14,18H,6-9,11-13H2,1-3H3. The Morgan fingerprint density at radius 1 is 1.29 bits per heavy atom. The highest BCUT2D eigenvalue weighted by atomic mass is 16.5. The number of ether oxygens (including phenoxy) is 2. The minimum absolute atomic E-state index is 0.664. The number of nitrogens with zero attached hydrogens (tertiary/aromatic N) is 1. The van der Waals surface area contributed by atoms with Crippen molar-refractivity contribution in [1.29, 1.82) is 0 Å². The van der Waals surface area contributed by atoms with Crippen molar-refractivity contribution in [2.75, 3.05) is 40.0 Å². The molecule has 4 nitrogen and oxygen atoms in total. The largest absolute Gasteiger partial charge is 0.496 e. The molecule has 0 spiro atoms. The van der Waals surface area contributed by atoms with Gasteiger partial charge in [0, 0.05) is 31.7 Å². The van der Waals surface area contributed by atoms with E-state index in [1.807, 2.05) is 0 Å². The lowest BCUT2D eigenvalue weighted by molar-refractivity contribution is 0.0341. The Balaban J connectivity index is 1.94. The highest BCUT2D eigenvalue weighted by Gasteiger charge is 2.12. The monoisotopic (exact) mass is 292 g/mol. The summed E-state index contributed by atoms with van der Waals surface area (Å²) in [5.41, 5.74) is 2.53. The van der Waals surface area contributed by atoms with Crippen LogP contribution in [0, 0.1) is 5.92 Å². The molecule has 1 aliphatic rings. The van der Waals surface area contributed by atoms with Gasteiger partial charge in [0.1, 0.15) is 5.75 Å². The second-order valence-electron chi connectivity index (χ2n) is 6.06. The predicted octanol–water partition coefficient (Wildman–Crippen LogP) is 2.27. The summed E-state index contributed by atoms with van der Waals surface area (Å²) < 4.78 is 10.9. The molecule has 1 N–H and O–H groups in total. The van der Waals surface area contributed by atoms with E-state index < -0.39 is 0 Å². The van der Waals surface area contributed by atoms with E-state index in [1.54, 1.807) is 7.11 Å². The van der Waals surface area contributed by atoms with Gasteiger partial charge in [-0.2, -0.15) is 0 Å². The van der Waals surface area contributed by atoms with Crippen molar-refractivity contribution in [3.05, 3.63) is 29.3 Å². The van der Waals surface area contributed by atoms with Gasteiger partial charge in [0.2, 0.25) is 0 Å². The molecule has 118 valence electrons. The van der Waals surface area contributed by atoms with Gasteiger partial charge in [-0.1, -0.05) is 26.0 Å². The molecular weight excluding hydrogens is 264 g/mol. The summed E-state index contributed by atoms with van der Waals surface area (Å²) in [5.74, 6) is 1.65. The normalized spacial score (nSPS) is 16.4. The zero-order chi connectivity index (χ0) is 15.1. The van der Waals surface area contributed by atoms with E-state index in [0.717, 1.165) is 51.7 Å². The zero-order valence-corrected chi connectivity index (χ0v) is 13.5. The number of methoxy groups -OCH3 is 1. The van der Waals surface area contributed by atoms with Gasteiger partial charge in [-0.15, -0.1) is 0 Å². The Morgan fingerprint density at radius 3 is 2.71 bits per heavy atom. The summed E-state index contributed by atoms with van der Waals surface area (Å²) in [6.45, 7) is 11.0. The van der Waals surface area contributed by atoms with Gasteiger partial charge in [0.15, 0.2) is 0 Å². The third kappa shape index (κ3) is 5.30. The molecule has 0 amide bonds. The second-order valence-corrected chi connectivity index (χ2v) is 6.06. The molecular formula is C17H28N2O2. The van der Waals surface area contributed by atoms with Crippen LogP contribution in [-0.4, -0.2) is 44.9 Å². The van der Waals surface area contributed by atoms with Crippen LogP contribution in [0.15, 0.2) is 18.2 Å². The molecule has 1 aromatic rings. The molecule has 0 aromatic heterocycles. The molecule has 1 aliphatic heterocycles. The average molecular weight is 292 g/mol. The molecule has 1 aromatic carbocycles. The van der Waals surface area contributed by atoms with E-state index in [0.29, 0.717) is 5.92 Å². The lowest BCUT2D eigenvalue weighted by Crippen LogP contribution is -2.35. The maximum Gasteiger partial charge on any atom is 0.123 e. The van der Waals surface area contributed by atoms with Crippen molar-refractivity contribution >= 4 is 0 Å². The second kappa shape index (κ2) is 8.37. The van der Waals surface area contributed by atoms with Crippen LogP contribution in [-0.2, 0) is 17.8 Å². The first-order chi connectivity index (χ1) is 10.2. The molecule has 1 fully saturated rings. The average Bonchev–Trinajstić information content (AvgIpc) is 2.49. The number of rotatable bonds is 7. The number of morpholine rings is 1. The zero-order valence-electron chi connectivity index (χ0n) is 13.5. The highest BCUT2D eigenvalue weighted by molar-refractivity contribution is 5.37. The smallest absolute Gasteiger partial charge is 0.123 e. The summed E-state index contributed by atoms with van der Waals surface area (Å²) in [6, 6.07) is 6.56. The summed E-state index contributed by atoms with van der Waals surface area (Å²) in [7, 11) is 1.75. The summed E-state index contributed by atoms with van der Waals surface area (Å²) >= 11 is 0. The maximum absolute atomic E-state index is 5.55. The van der Waals surface area contributed by atoms with Crippen molar-refractivity contribution in [1.82, 2.24) is 10.2 Å². The molecule has 1 heterocycles. The topological polar surface area (TPSA) is 33.7 Å². The lowest BCUT2D eigenvalue weighted by Gasteiger charge is -2.26. The van der Waals surface area contributed by atoms with Gasteiger partial charge in [0.25, 0.3) is 0 Å². The minimum Gasteiger partial charge on any atom is -0.496 e. The Kier molecular flexibility index (Phi) is 6.49. The van der Waals surface area contributed by atoms with Gasteiger partial charge in [-0.25, -0.2) is 0 Å². The van der Waals surface area contributed by atoms with E-state index >= 15 is 0 Å². The highest BCUT2D eigenvalue weighted by Crippen LogP contribution is 2.21. The molecule has 0 radical (unpaired) electrons. The van der Waals surface area contributed by atoms with E-state index in [2.05, 4.69) is 42.3 Å². The van der Waals surface area contributed by atoms with Crippen molar-refractivity contribution in [2.24, 2.45) is 5.92 Å². The first-order valence-electron chi connectivity index (χ1n) is 7.85. The van der Waals surface area contributed by atoms with Crippen LogP contribution in [0.4, 0.5) is 0 Å². The van der Waals surface area contributed by atoms with Gasteiger partial charge in [-0.3, -0.25) is 4.90 Å². The van der Waals surface area contributed by atoms with E-state index in [-0.39, 0.29) is 0 Å². The molecule has 0 bridgehead atoms. The number of nitrogens with one attached hydrogen (secondary N) is 1. The molecule has 21 heavy (non-hydrogen) atoms. The molecule has 0 saturated carbocycles. The Labute approximate surface area is 128 Å². The van der Waals surface area contributed by atoms with Crippen LogP contribution in [0.5, 0.6) is 5.75 Å². The van der Waals surface area contributed by atoms with Crippen LogP contribution in [0.25, 0.3) is 0 Å². The van der Waals surface area contributed by atoms with Crippen LogP contribution in [0.1, 0.15) is 25.0 Å². The number of hydrogen-bond donors (Lipinski definition) is 1. The number of hydrogen-bond acceptors (Lipinski definition) is 4. The quantitative estimate of drug-likeness (QED) is 0.836. The SMILES string of the molecule is COc1cc(CN2CCOCC2)ccc1CNCC(C)C. The molecule has 2 rings (SSSR count). The first kappa shape index (κ1) is 16.3. The van der Waals surface area contributed by atoms with Crippen molar-refractivity contribution in [3.63, 3.8) is 0 Å². The van der Waals surface area contributed by atoms with E-state index in [9.17, 15) is 0 Å². The summed E-state index contributed by atoms with van der Waals surface area (Å²) in [6.07, 6.45) is 0. The van der Waals surface area contributed by atoms with Crippen LogP contribution in [0.3, 0.4) is 0 Å². The van der Waals surface area contributed by atoms with E-state index in [1.165, 1.54) is 11.1 Å². The lowest BCUT2D eigenvalue weighted by atomic mass is 10.1. The van der Waals surface area contributed by atoms with E-state index in [4.69, 9.17) is 9.47 Å². The molecule has 0 atom stereocenters. The van der Waals surface area contributed by atoms with Crippen molar-refractivity contribution in [2.45, 2.75) is 26.9 Å². The molecule has 4 heteroatoms. The first-order valence-corrected chi connectivity index (χ1v) is 7.85. The van der Waals surface area contributed by atoms with Crippen LogP contribution >= 0.6 is 0 Å². The summed E-state index contributed by atoms with van der Waals surface area (Å²) in [5, 5.41) is 3.47. The minimum atomic E-state index is 0.664. The summed E-state index contributed by atoms with van der Waals surface area (Å²) in [4.78, 5) is 2.43. The van der Waals surface area contributed by atoms with Gasteiger partial charge < -0.3 is 14.8 Å². The third-order valence-electron chi connectivity index (χ3n) is 3.73. The Morgan fingerprint density at radius 2 is 2.05 bits per heavy atom. The van der Waals surface area contributed by atoms with Crippen LogP contribution < -0.4 is 10.1 Å². The van der Waals surface area contributed by atoms with Gasteiger partial charge in [0.05, 0.1) is 20.3 Å². The van der Waals surface area contributed by atoms with Crippen molar-refractivity contribution < 1.29 is 9.47 Å². The van der Waals surface area contributed by atoms with Crippen molar-refractivity contribution in [3.8, 4) is 5.75 Å². The molecule has 0 aliphatic carbocycles. The maximum atomic E-state index is 5.55. The third-order valence-corrected chi connectivity index (χ3v) is 3.73. The van der Waals surface area contributed by atoms with Crippen LogP contribution in [0.2, 0.25) is 0 Å². The number of benzene rings is 1. The van der Waals surface area contributed by atoms with Gasteiger partial charge >= 0.3 is 0 Å². The molecule has 0 unspecified atom stereocenters. The Hall–Kier alpha value is -1.10.